The standard InChI is InChI=1S/C18H19N3O4/c1-25-17(23)14-8-5-9-15(10-14)19-12-16(22)21-18(24)20-11-13-6-3-2-4-7-13/h2-10,19H,11-12H2,1H3,(H2,20,21,22,24). The first-order chi connectivity index (χ1) is 12.1. The van der Waals surface area contributed by atoms with E-state index in [1.54, 1.807) is 24.3 Å². The molecule has 0 aliphatic heterocycles. The summed E-state index contributed by atoms with van der Waals surface area (Å²) in [6.45, 7) is 0.220. The van der Waals surface area contributed by atoms with E-state index in [0.29, 0.717) is 17.8 Å². The second-order valence-corrected chi connectivity index (χ2v) is 5.14. The van der Waals surface area contributed by atoms with Crippen molar-refractivity contribution in [3.63, 3.8) is 0 Å². The molecule has 0 aliphatic carbocycles. The molecule has 0 saturated carbocycles. The maximum Gasteiger partial charge on any atom is 0.337 e. The van der Waals surface area contributed by atoms with Crippen LogP contribution in [0.1, 0.15) is 15.9 Å². The highest BCUT2D eigenvalue weighted by molar-refractivity contribution is 5.96. The molecule has 25 heavy (non-hydrogen) atoms. The molecule has 2 aromatic carbocycles. The van der Waals surface area contributed by atoms with Crippen LogP contribution < -0.4 is 16.0 Å². The van der Waals surface area contributed by atoms with Crippen LogP contribution in [0.5, 0.6) is 0 Å². The highest BCUT2D eigenvalue weighted by Gasteiger charge is 2.09. The molecule has 3 amide bonds. The van der Waals surface area contributed by atoms with Crippen molar-refractivity contribution in [1.82, 2.24) is 10.6 Å². The van der Waals surface area contributed by atoms with Gasteiger partial charge in [0, 0.05) is 12.2 Å². The lowest BCUT2D eigenvalue weighted by Crippen LogP contribution is -2.41. The van der Waals surface area contributed by atoms with Crippen molar-refractivity contribution in [3.05, 3.63) is 65.7 Å². The Morgan fingerprint density at radius 2 is 1.76 bits per heavy atom. The summed E-state index contributed by atoms with van der Waals surface area (Å²) < 4.78 is 4.63. The number of benzene rings is 2. The average Bonchev–Trinajstić information content (AvgIpc) is 2.65. The van der Waals surface area contributed by atoms with E-state index in [1.807, 2.05) is 30.3 Å². The predicted octanol–water partition coefficient (Wildman–Crippen LogP) is 1.91. The number of ether oxygens (including phenoxy) is 1. The maximum absolute atomic E-state index is 11.8. The molecule has 0 saturated heterocycles. The summed E-state index contributed by atoms with van der Waals surface area (Å²) in [7, 11) is 1.30. The van der Waals surface area contributed by atoms with Crippen molar-refractivity contribution in [2.24, 2.45) is 0 Å². The first-order valence-corrected chi connectivity index (χ1v) is 7.62. The van der Waals surface area contributed by atoms with Crippen LogP contribution in [0.2, 0.25) is 0 Å². The normalized spacial score (nSPS) is 9.80. The van der Waals surface area contributed by atoms with Gasteiger partial charge < -0.3 is 15.4 Å². The van der Waals surface area contributed by atoms with Gasteiger partial charge in [-0.05, 0) is 23.8 Å². The third kappa shape index (κ3) is 5.98. The van der Waals surface area contributed by atoms with E-state index in [4.69, 9.17) is 0 Å². The molecule has 2 rings (SSSR count). The van der Waals surface area contributed by atoms with Crippen LogP contribution in [0, 0.1) is 0 Å². The number of urea groups is 1. The lowest BCUT2D eigenvalue weighted by atomic mass is 10.2. The maximum atomic E-state index is 11.8. The summed E-state index contributed by atoms with van der Waals surface area (Å²) in [5.74, 6) is -0.956. The molecular weight excluding hydrogens is 322 g/mol. The Morgan fingerprint density at radius 3 is 2.48 bits per heavy atom. The third-order valence-electron chi connectivity index (χ3n) is 3.29. The van der Waals surface area contributed by atoms with Crippen LogP contribution in [0.4, 0.5) is 10.5 Å². The molecule has 0 heterocycles. The Bertz CT molecular complexity index is 747. The Morgan fingerprint density at radius 1 is 1.00 bits per heavy atom. The molecule has 0 spiro atoms. The van der Waals surface area contributed by atoms with Crippen molar-refractivity contribution in [3.8, 4) is 0 Å². The Labute approximate surface area is 145 Å². The molecule has 0 aromatic heterocycles. The number of anilines is 1. The number of carbonyl (C=O) groups is 3. The molecule has 7 heteroatoms. The van der Waals surface area contributed by atoms with E-state index in [2.05, 4.69) is 20.7 Å². The van der Waals surface area contributed by atoms with Gasteiger partial charge in [-0.25, -0.2) is 9.59 Å². The molecule has 7 nitrogen and oxygen atoms in total. The lowest BCUT2D eigenvalue weighted by molar-refractivity contribution is -0.118. The summed E-state index contributed by atoms with van der Waals surface area (Å²) >= 11 is 0. The zero-order valence-electron chi connectivity index (χ0n) is 13.7. The quantitative estimate of drug-likeness (QED) is 0.698. The first kappa shape index (κ1) is 18.0. The van der Waals surface area contributed by atoms with E-state index in [9.17, 15) is 14.4 Å². The molecule has 130 valence electrons. The fraction of sp³-hybridized carbons (Fsp3) is 0.167. The monoisotopic (exact) mass is 341 g/mol. The fourth-order valence-corrected chi connectivity index (χ4v) is 2.05. The van der Waals surface area contributed by atoms with Crippen molar-refractivity contribution >= 4 is 23.6 Å². The van der Waals surface area contributed by atoms with Gasteiger partial charge >= 0.3 is 12.0 Å². The van der Waals surface area contributed by atoms with Gasteiger partial charge in [0.25, 0.3) is 0 Å². The number of carbonyl (C=O) groups excluding carboxylic acids is 3. The molecule has 0 atom stereocenters. The number of hydrogen-bond donors (Lipinski definition) is 3. The van der Waals surface area contributed by atoms with Gasteiger partial charge in [-0.3, -0.25) is 10.1 Å². The minimum absolute atomic E-state index is 0.108. The lowest BCUT2D eigenvalue weighted by Gasteiger charge is -2.09. The molecule has 0 fully saturated rings. The molecule has 0 bridgehead atoms. The number of methoxy groups -OCH3 is 1. The number of imide groups is 1. The van der Waals surface area contributed by atoms with Crippen molar-refractivity contribution in [2.75, 3.05) is 19.0 Å². The molecule has 0 aliphatic rings. The number of hydrogen-bond acceptors (Lipinski definition) is 5. The summed E-state index contributed by atoms with van der Waals surface area (Å²) in [4.78, 5) is 34.9. The smallest absolute Gasteiger partial charge is 0.337 e. The van der Waals surface area contributed by atoms with Gasteiger partial charge in [0.2, 0.25) is 5.91 Å². The van der Waals surface area contributed by atoms with Gasteiger partial charge in [0.1, 0.15) is 0 Å². The number of esters is 1. The van der Waals surface area contributed by atoms with Crippen LogP contribution in [0.25, 0.3) is 0 Å². The van der Waals surface area contributed by atoms with Gasteiger partial charge in [-0.2, -0.15) is 0 Å². The molecule has 0 unspecified atom stereocenters. The molecular formula is C18H19N3O4. The van der Waals surface area contributed by atoms with Crippen molar-refractivity contribution in [1.29, 1.82) is 0 Å². The van der Waals surface area contributed by atoms with Crippen LogP contribution >= 0.6 is 0 Å². The second-order valence-electron chi connectivity index (χ2n) is 5.14. The minimum Gasteiger partial charge on any atom is -0.465 e. The highest BCUT2D eigenvalue weighted by atomic mass is 16.5. The number of nitrogens with one attached hydrogen (secondary N) is 3. The predicted molar refractivity (Wildman–Crippen MR) is 93.1 cm³/mol. The van der Waals surface area contributed by atoms with Gasteiger partial charge in [0.15, 0.2) is 0 Å². The van der Waals surface area contributed by atoms with Crippen LogP contribution in [0.3, 0.4) is 0 Å². The van der Waals surface area contributed by atoms with Crippen molar-refractivity contribution in [2.45, 2.75) is 6.54 Å². The zero-order chi connectivity index (χ0) is 18.1. The van der Waals surface area contributed by atoms with Crippen LogP contribution in [-0.2, 0) is 16.1 Å². The Balaban J connectivity index is 1.76. The number of rotatable bonds is 6. The summed E-state index contributed by atoms with van der Waals surface area (Å²) in [6.07, 6.45) is 0. The average molecular weight is 341 g/mol. The van der Waals surface area contributed by atoms with E-state index >= 15 is 0 Å². The Kier molecular flexibility index (Phi) is 6.53. The third-order valence-corrected chi connectivity index (χ3v) is 3.29. The zero-order valence-corrected chi connectivity index (χ0v) is 13.7. The molecule has 2 aromatic rings. The fourth-order valence-electron chi connectivity index (χ4n) is 2.05. The highest BCUT2D eigenvalue weighted by Crippen LogP contribution is 2.11. The van der Waals surface area contributed by atoms with E-state index in [0.717, 1.165) is 5.56 Å². The summed E-state index contributed by atoms with van der Waals surface area (Å²) in [5, 5.41) is 7.67. The van der Waals surface area contributed by atoms with Crippen LogP contribution in [0.15, 0.2) is 54.6 Å². The SMILES string of the molecule is COC(=O)c1cccc(NCC(=O)NC(=O)NCc2ccccc2)c1. The van der Waals surface area contributed by atoms with Gasteiger partial charge in [0.05, 0.1) is 19.2 Å². The summed E-state index contributed by atoms with van der Waals surface area (Å²) in [5.41, 5.74) is 1.87. The van der Waals surface area contributed by atoms with E-state index < -0.39 is 17.9 Å². The Hall–Kier alpha value is -3.35. The largest absolute Gasteiger partial charge is 0.465 e. The van der Waals surface area contributed by atoms with Crippen LogP contribution in [-0.4, -0.2) is 31.6 Å². The second kappa shape index (κ2) is 9.07. The molecule has 0 radical (unpaired) electrons. The van der Waals surface area contributed by atoms with Gasteiger partial charge in [-0.15, -0.1) is 0 Å². The topological polar surface area (TPSA) is 96.5 Å². The summed E-state index contributed by atoms with van der Waals surface area (Å²) in [6, 6.07) is 15.3. The molecule has 3 N–H and O–H groups in total. The number of amides is 3. The van der Waals surface area contributed by atoms with Crippen molar-refractivity contribution < 1.29 is 19.1 Å². The van der Waals surface area contributed by atoms with E-state index in [1.165, 1.54) is 7.11 Å². The first-order valence-electron chi connectivity index (χ1n) is 7.62. The van der Waals surface area contributed by atoms with Gasteiger partial charge in [-0.1, -0.05) is 36.4 Å². The minimum atomic E-state index is -0.570. The van der Waals surface area contributed by atoms with E-state index in [-0.39, 0.29) is 6.54 Å².